The van der Waals surface area contributed by atoms with Crippen LogP contribution in [0.15, 0.2) is 152 Å². The fraction of sp³-hybridized carbons (Fsp3) is 0.412. The summed E-state index contributed by atoms with van der Waals surface area (Å²) in [6.07, 6.45) is -1.93. The molecule has 0 bridgehead atoms. The number of aliphatic hydroxyl groups excluding tert-OH is 10. The summed E-state index contributed by atoms with van der Waals surface area (Å²) in [5.41, 5.74) is 3.49. The van der Waals surface area contributed by atoms with Gasteiger partial charge < -0.3 is 74.7 Å². The SMILES string of the molecule is CC(Cc1ccccc1)OCC(O)CO.OCC(CO)Oc1ccccc1.OCC(O)COCCc1ccccc1.OCC(O)COCc1ccccc1.OCC(O)COc1ccccc1. The third-order valence-electron chi connectivity index (χ3n) is 8.53. The van der Waals surface area contributed by atoms with Crippen LogP contribution < -0.4 is 9.47 Å². The average Bonchev–Trinajstić information content (AvgIpc) is 3.37. The Morgan fingerprint density at radius 1 is 0.409 bits per heavy atom. The molecule has 5 rings (SSSR count). The zero-order valence-electron chi connectivity index (χ0n) is 37.8. The maximum atomic E-state index is 9.10. The van der Waals surface area contributed by atoms with E-state index in [-0.39, 0.29) is 72.2 Å². The van der Waals surface area contributed by atoms with Crippen LogP contribution in [0.5, 0.6) is 11.5 Å². The van der Waals surface area contributed by atoms with Crippen LogP contribution in [-0.2, 0) is 33.7 Å². The topological polar surface area (TPSA) is 248 Å². The number of rotatable bonds is 25. The van der Waals surface area contributed by atoms with Gasteiger partial charge in [-0.3, -0.25) is 0 Å². The smallest absolute Gasteiger partial charge is 0.145 e. The molecule has 366 valence electrons. The lowest BCUT2D eigenvalue weighted by Crippen LogP contribution is -2.25. The fourth-order valence-corrected chi connectivity index (χ4v) is 4.97. The van der Waals surface area contributed by atoms with Crippen LogP contribution in [-0.4, -0.2) is 160 Å². The van der Waals surface area contributed by atoms with Crippen molar-refractivity contribution in [2.24, 2.45) is 0 Å². The van der Waals surface area contributed by atoms with Crippen LogP contribution in [0.3, 0.4) is 0 Å². The molecule has 5 atom stereocenters. The molecule has 0 aliphatic carbocycles. The summed E-state index contributed by atoms with van der Waals surface area (Å²) in [6, 6.07) is 48.0. The molecule has 5 aromatic rings. The van der Waals surface area contributed by atoms with Crippen molar-refractivity contribution < 1.29 is 74.7 Å². The summed E-state index contributed by atoms with van der Waals surface area (Å²) in [5.74, 6) is 1.36. The molecule has 15 heteroatoms. The highest BCUT2D eigenvalue weighted by Crippen LogP contribution is 2.11. The van der Waals surface area contributed by atoms with Crippen molar-refractivity contribution in [3.8, 4) is 11.5 Å². The van der Waals surface area contributed by atoms with E-state index in [1.165, 1.54) is 11.1 Å². The van der Waals surface area contributed by atoms with E-state index in [0.29, 0.717) is 24.7 Å². The van der Waals surface area contributed by atoms with Crippen molar-refractivity contribution in [3.05, 3.63) is 168 Å². The summed E-state index contributed by atoms with van der Waals surface area (Å²) in [7, 11) is 0. The van der Waals surface area contributed by atoms with Crippen molar-refractivity contribution in [3.63, 3.8) is 0 Å². The molecule has 15 nitrogen and oxygen atoms in total. The predicted octanol–water partition coefficient (Wildman–Crippen LogP) is 2.98. The Bertz CT molecular complexity index is 1740. The number of hydrogen-bond acceptors (Lipinski definition) is 15. The molecule has 5 unspecified atom stereocenters. The number of aliphatic hydroxyl groups is 10. The summed E-state index contributed by atoms with van der Waals surface area (Å²) < 4.78 is 26.1. The van der Waals surface area contributed by atoms with Crippen molar-refractivity contribution in [2.45, 2.75) is 63.0 Å². The molecule has 0 aliphatic heterocycles. The highest BCUT2D eigenvalue weighted by Gasteiger charge is 2.08. The first kappa shape index (κ1) is 59.2. The van der Waals surface area contributed by atoms with Crippen molar-refractivity contribution in [2.75, 3.05) is 72.7 Å². The van der Waals surface area contributed by atoms with Gasteiger partial charge in [0.1, 0.15) is 48.6 Å². The van der Waals surface area contributed by atoms with Gasteiger partial charge in [-0.05, 0) is 60.7 Å². The molecular weight excluding hydrogens is 853 g/mol. The first-order valence-corrected chi connectivity index (χ1v) is 21.7. The molecule has 0 amide bonds. The lowest BCUT2D eigenvalue weighted by molar-refractivity contribution is -0.0221. The molecular formula is C51H72O15. The van der Waals surface area contributed by atoms with Gasteiger partial charge in [0.2, 0.25) is 0 Å². The summed E-state index contributed by atoms with van der Waals surface area (Å²) in [4.78, 5) is 0. The first-order chi connectivity index (χ1) is 32.1. The molecule has 0 saturated heterocycles. The van der Waals surface area contributed by atoms with Gasteiger partial charge in [0.05, 0.1) is 78.8 Å². The van der Waals surface area contributed by atoms with Crippen molar-refractivity contribution in [1.29, 1.82) is 0 Å². The van der Waals surface area contributed by atoms with Crippen LogP contribution in [0.25, 0.3) is 0 Å². The molecule has 0 aliphatic rings. The van der Waals surface area contributed by atoms with E-state index in [9.17, 15) is 0 Å². The van der Waals surface area contributed by atoms with Crippen LogP contribution in [0, 0.1) is 0 Å². The van der Waals surface area contributed by atoms with E-state index >= 15 is 0 Å². The number of para-hydroxylation sites is 2. The molecule has 0 saturated carbocycles. The standard InChI is InChI=1S/C12H18O3.C11H16O3.C10H14O3.2C9H12O3/c1-10(15-9-12(14)8-13)7-11-5-3-2-4-6-11;12-8-11(13)9-14-7-6-10-4-2-1-3-5-10;11-6-10(12)8-13-7-9-4-2-1-3-5-9;10-6-8(11)7-12-9-4-2-1-3-5-9;10-6-9(7-11)12-8-4-2-1-3-5-8/h2-6,10,12-14H,7-9H2,1H3;1-5,11-13H,6-9H2;1-5,10-12H,6-8H2;1-5,8,10-11H,6-7H2;1-5,9-11H,6-7H2. The molecule has 0 fully saturated rings. The fourth-order valence-electron chi connectivity index (χ4n) is 4.97. The molecule has 5 aromatic carbocycles. The molecule has 10 N–H and O–H groups in total. The minimum atomic E-state index is -0.801. The van der Waals surface area contributed by atoms with Gasteiger partial charge in [-0.25, -0.2) is 0 Å². The van der Waals surface area contributed by atoms with Gasteiger partial charge in [-0.2, -0.15) is 0 Å². The lowest BCUT2D eigenvalue weighted by Gasteiger charge is -2.15. The molecule has 0 spiro atoms. The zero-order chi connectivity index (χ0) is 48.5. The van der Waals surface area contributed by atoms with E-state index in [1.807, 2.05) is 134 Å². The quantitative estimate of drug-likeness (QED) is 0.0378. The second kappa shape index (κ2) is 40.5. The summed E-state index contributed by atoms with van der Waals surface area (Å²) >= 11 is 0. The van der Waals surface area contributed by atoms with Gasteiger partial charge >= 0.3 is 0 Å². The minimum Gasteiger partial charge on any atom is -0.491 e. The van der Waals surface area contributed by atoms with Gasteiger partial charge in [0.25, 0.3) is 0 Å². The van der Waals surface area contributed by atoms with E-state index < -0.39 is 30.5 Å². The van der Waals surface area contributed by atoms with Crippen LogP contribution >= 0.6 is 0 Å². The molecule has 66 heavy (non-hydrogen) atoms. The second-order valence-corrected chi connectivity index (χ2v) is 14.5. The Balaban J connectivity index is 0.000000414. The lowest BCUT2D eigenvalue weighted by atomic mass is 10.1. The zero-order valence-corrected chi connectivity index (χ0v) is 37.8. The Kier molecular flexibility index (Phi) is 36.3. The van der Waals surface area contributed by atoms with Gasteiger partial charge in [0.15, 0.2) is 0 Å². The summed E-state index contributed by atoms with van der Waals surface area (Å²) in [6.45, 7) is 2.30. The van der Waals surface area contributed by atoms with Gasteiger partial charge in [-0.15, -0.1) is 0 Å². The predicted molar refractivity (Wildman–Crippen MR) is 252 cm³/mol. The first-order valence-electron chi connectivity index (χ1n) is 21.7. The maximum absolute atomic E-state index is 9.10. The highest BCUT2D eigenvalue weighted by molar-refractivity contribution is 5.22. The third-order valence-corrected chi connectivity index (χ3v) is 8.53. The monoisotopic (exact) mass is 924 g/mol. The Hall–Kier alpha value is -4.82. The average molecular weight is 925 g/mol. The number of benzene rings is 5. The second-order valence-electron chi connectivity index (χ2n) is 14.5. The van der Waals surface area contributed by atoms with E-state index in [1.54, 1.807) is 24.3 Å². The van der Waals surface area contributed by atoms with Crippen molar-refractivity contribution in [1.82, 2.24) is 0 Å². The number of hydrogen-bond donors (Lipinski definition) is 10. The molecule has 0 heterocycles. The maximum Gasteiger partial charge on any atom is 0.145 e. The molecule has 0 aromatic heterocycles. The minimum absolute atomic E-state index is 0.0496. The highest BCUT2D eigenvalue weighted by atomic mass is 16.5. The van der Waals surface area contributed by atoms with Gasteiger partial charge in [-0.1, -0.05) is 127 Å². The van der Waals surface area contributed by atoms with Crippen LogP contribution in [0.1, 0.15) is 23.6 Å². The number of ether oxygens (including phenoxy) is 5. The Labute approximate surface area is 389 Å². The normalized spacial score (nSPS) is 12.7. The van der Waals surface area contributed by atoms with E-state index in [4.69, 9.17) is 74.7 Å². The van der Waals surface area contributed by atoms with Crippen LogP contribution in [0.2, 0.25) is 0 Å². The molecule has 0 radical (unpaired) electrons. The summed E-state index contributed by atoms with van der Waals surface area (Å²) in [5, 5.41) is 87.5. The Morgan fingerprint density at radius 3 is 1.27 bits per heavy atom. The third kappa shape index (κ3) is 32.8. The van der Waals surface area contributed by atoms with Gasteiger partial charge in [0, 0.05) is 0 Å². The largest absolute Gasteiger partial charge is 0.491 e. The van der Waals surface area contributed by atoms with Crippen LogP contribution in [0.4, 0.5) is 0 Å². The van der Waals surface area contributed by atoms with E-state index in [0.717, 1.165) is 18.4 Å². The van der Waals surface area contributed by atoms with E-state index in [2.05, 4.69) is 0 Å². The van der Waals surface area contributed by atoms with Crippen molar-refractivity contribution >= 4 is 0 Å². The Morgan fingerprint density at radius 2 is 0.803 bits per heavy atom.